The Morgan fingerprint density at radius 3 is 2.76 bits per heavy atom. The molecule has 17 heavy (non-hydrogen) atoms. The van der Waals surface area contributed by atoms with Crippen LogP contribution in [0.15, 0.2) is 36.5 Å². The maximum Gasteiger partial charge on any atom is 0.353 e. The predicted molar refractivity (Wildman–Crippen MR) is 67.5 cm³/mol. The van der Waals surface area contributed by atoms with Crippen molar-refractivity contribution in [1.29, 1.82) is 0 Å². The summed E-state index contributed by atoms with van der Waals surface area (Å²) in [5, 5.41) is 9.84. The van der Waals surface area contributed by atoms with Crippen molar-refractivity contribution in [2.45, 2.75) is 13.5 Å². The van der Waals surface area contributed by atoms with Crippen LogP contribution in [0.4, 0.5) is 0 Å². The topological polar surface area (TPSA) is 42.2 Å². The van der Waals surface area contributed by atoms with Crippen LogP contribution in [0.1, 0.15) is 17.4 Å². The van der Waals surface area contributed by atoms with E-state index >= 15 is 0 Å². The van der Waals surface area contributed by atoms with Gasteiger partial charge >= 0.3 is 5.97 Å². The third-order valence-electron chi connectivity index (χ3n) is 2.64. The molecule has 1 N–H and O–H groups in total. The number of carboxylic acid groups (broad SMARTS) is 1. The minimum absolute atomic E-state index is 0.301. The molecule has 1 heterocycles. The van der Waals surface area contributed by atoms with Gasteiger partial charge in [-0.15, -0.1) is 0 Å². The molecular weight excluding hydrogens is 238 g/mol. The summed E-state index contributed by atoms with van der Waals surface area (Å²) in [7, 11) is 0. The number of aromatic nitrogens is 1. The molecule has 3 nitrogen and oxygen atoms in total. The van der Waals surface area contributed by atoms with Crippen molar-refractivity contribution in [3.05, 3.63) is 47.2 Å². The van der Waals surface area contributed by atoms with E-state index in [1.54, 1.807) is 29.0 Å². The van der Waals surface area contributed by atoms with Gasteiger partial charge in [-0.25, -0.2) is 4.79 Å². The van der Waals surface area contributed by atoms with Crippen molar-refractivity contribution in [2.24, 2.45) is 0 Å². The molecule has 1 aromatic heterocycles. The Kier molecular flexibility index (Phi) is 3.20. The van der Waals surface area contributed by atoms with Crippen LogP contribution in [0.3, 0.4) is 0 Å². The van der Waals surface area contributed by atoms with E-state index < -0.39 is 5.97 Å². The lowest BCUT2D eigenvalue weighted by molar-refractivity contribution is 0.0686. The van der Waals surface area contributed by atoms with Crippen LogP contribution in [-0.2, 0) is 6.54 Å². The van der Waals surface area contributed by atoms with Crippen LogP contribution in [0.5, 0.6) is 0 Å². The smallest absolute Gasteiger partial charge is 0.353 e. The molecule has 0 atom stereocenters. The van der Waals surface area contributed by atoms with Crippen LogP contribution in [0.2, 0.25) is 5.02 Å². The maximum atomic E-state index is 11.3. The van der Waals surface area contributed by atoms with Crippen molar-refractivity contribution >= 4 is 17.6 Å². The Morgan fingerprint density at radius 1 is 1.41 bits per heavy atom. The monoisotopic (exact) mass is 249 g/mol. The zero-order valence-electron chi connectivity index (χ0n) is 9.35. The molecule has 0 fully saturated rings. The second-order valence-electron chi connectivity index (χ2n) is 3.68. The van der Waals surface area contributed by atoms with E-state index in [2.05, 4.69) is 0 Å². The number of halogens is 1. The van der Waals surface area contributed by atoms with Crippen LogP contribution < -0.4 is 0 Å². The molecule has 2 rings (SSSR count). The lowest BCUT2D eigenvalue weighted by Gasteiger charge is -2.05. The molecule has 0 aliphatic rings. The fourth-order valence-electron chi connectivity index (χ4n) is 1.86. The van der Waals surface area contributed by atoms with Gasteiger partial charge < -0.3 is 9.67 Å². The summed E-state index contributed by atoms with van der Waals surface area (Å²) in [6.07, 6.45) is 1.78. The summed E-state index contributed by atoms with van der Waals surface area (Å²) >= 11 is 5.91. The molecule has 0 saturated carbocycles. The van der Waals surface area contributed by atoms with Gasteiger partial charge in [0.25, 0.3) is 0 Å². The molecule has 0 saturated heterocycles. The first kappa shape index (κ1) is 11.7. The first-order chi connectivity index (χ1) is 8.13. The number of hydrogen-bond acceptors (Lipinski definition) is 1. The highest BCUT2D eigenvalue weighted by atomic mass is 35.5. The van der Waals surface area contributed by atoms with Crippen molar-refractivity contribution < 1.29 is 9.90 Å². The second-order valence-corrected chi connectivity index (χ2v) is 4.12. The first-order valence-corrected chi connectivity index (χ1v) is 5.69. The van der Waals surface area contributed by atoms with E-state index in [1.165, 1.54) is 0 Å². The number of carbonyl (C=O) groups is 1. The van der Waals surface area contributed by atoms with Crippen molar-refractivity contribution in [2.75, 3.05) is 0 Å². The van der Waals surface area contributed by atoms with E-state index in [-0.39, 0.29) is 0 Å². The zero-order valence-corrected chi connectivity index (χ0v) is 10.1. The molecule has 0 unspecified atom stereocenters. The number of hydrogen-bond donors (Lipinski definition) is 1. The summed E-state index contributed by atoms with van der Waals surface area (Å²) in [5.41, 5.74) is 1.82. The van der Waals surface area contributed by atoms with E-state index in [0.717, 1.165) is 5.56 Å². The quantitative estimate of drug-likeness (QED) is 0.904. The molecule has 1 aromatic carbocycles. The Morgan fingerprint density at radius 2 is 2.18 bits per heavy atom. The average molecular weight is 250 g/mol. The summed E-state index contributed by atoms with van der Waals surface area (Å²) < 4.78 is 1.71. The van der Waals surface area contributed by atoms with E-state index in [0.29, 0.717) is 22.8 Å². The van der Waals surface area contributed by atoms with Gasteiger partial charge in [0.2, 0.25) is 0 Å². The highest BCUT2D eigenvalue weighted by molar-refractivity contribution is 6.30. The Labute approximate surface area is 104 Å². The Hall–Kier alpha value is -1.74. The normalized spacial score (nSPS) is 10.5. The van der Waals surface area contributed by atoms with Crippen LogP contribution in [0, 0.1) is 0 Å². The van der Waals surface area contributed by atoms with Crippen LogP contribution >= 0.6 is 11.6 Å². The van der Waals surface area contributed by atoms with Crippen LogP contribution in [-0.4, -0.2) is 15.6 Å². The van der Waals surface area contributed by atoms with Gasteiger partial charge in [0.1, 0.15) is 5.69 Å². The Bertz CT molecular complexity index is 560. The zero-order chi connectivity index (χ0) is 12.4. The largest absolute Gasteiger partial charge is 0.477 e. The summed E-state index contributed by atoms with van der Waals surface area (Å²) in [6.45, 7) is 2.54. The predicted octanol–water partition coefficient (Wildman–Crippen LogP) is 3.53. The summed E-state index contributed by atoms with van der Waals surface area (Å²) in [5.74, 6) is -0.924. The molecule has 0 radical (unpaired) electrons. The fourth-order valence-corrected chi connectivity index (χ4v) is 2.05. The molecule has 2 aromatic rings. The highest BCUT2D eigenvalue weighted by Gasteiger charge is 2.16. The summed E-state index contributed by atoms with van der Waals surface area (Å²) in [6, 6.07) is 9.00. The fraction of sp³-hybridized carbons (Fsp3) is 0.154. The lowest BCUT2D eigenvalue weighted by Crippen LogP contribution is -2.07. The minimum Gasteiger partial charge on any atom is -0.477 e. The molecule has 88 valence electrons. The van der Waals surface area contributed by atoms with Crippen molar-refractivity contribution in [1.82, 2.24) is 4.57 Å². The van der Waals surface area contributed by atoms with Gasteiger partial charge in [0.15, 0.2) is 0 Å². The molecule has 0 amide bonds. The maximum absolute atomic E-state index is 11.3. The van der Waals surface area contributed by atoms with Crippen LogP contribution in [0.25, 0.3) is 11.1 Å². The standard InChI is InChI=1S/C13H12ClNO2/c1-2-15-7-6-11(12(15)13(16)17)9-4-3-5-10(14)8-9/h3-8H,2H2,1H3,(H,16,17). The molecule has 0 bridgehead atoms. The van der Waals surface area contributed by atoms with Gasteiger partial charge in [-0.1, -0.05) is 23.7 Å². The molecule has 0 spiro atoms. The Balaban J connectivity index is 2.60. The van der Waals surface area contributed by atoms with Gasteiger partial charge in [0.05, 0.1) is 0 Å². The van der Waals surface area contributed by atoms with Gasteiger partial charge in [-0.3, -0.25) is 0 Å². The summed E-state index contributed by atoms with van der Waals surface area (Å²) in [4.78, 5) is 11.3. The van der Waals surface area contributed by atoms with Gasteiger partial charge in [-0.05, 0) is 30.7 Å². The number of carboxylic acids is 1. The number of benzene rings is 1. The SMILES string of the molecule is CCn1ccc(-c2cccc(Cl)c2)c1C(=O)O. The number of rotatable bonds is 3. The average Bonchev–Trinajstić information content (AvgIpc) is 2.72. The van der Waals surface area contributed by atoms with E-state index in [1.807, 2.05) is 19.1 Å². The third kappa shape index (κ3) is 2.19. The van der Waals surface area contributed by atoms with E-state index in [4.69, 9.17) is 11.6 Å². The number of nitrogens with zero attached hydrogens (tertiary/aromatic N) is 1. The van der Waals surface area contributed by atoms with Crippen molar-refractivity contribution in [3.63, 3.8) is 0 Å². The molecule has 4 heteroatoms. The second kappa shape index (κ2) is 4.63. The first-order valence-electron chi connectivity index (χ1n) is 5.32. The third-order valence-corrected chi connectivity index (χ3v) is 2.88. The highest BCUT2D eigenvalue weighted by Crippen LogP contribution is 2.27. The lowest BCUT2D eigenvalue weighted by atomic mass is 10.1. The molecular formula is C13H12ClNO2. The van der Waals surface area contributed by atoms with Gasteiger partial charge in [-0.2, -0.15) is 0 Å². The van der Waals surface area contributed by atoms with Gasteiger partial charge in [0, 0.05) is 23.3 Å². The van der Waals surface area contributed by atoms with Crippen molar-refractivity contribution in [3.8, 4) is 11.1 Å². The minimum atomic E-state index is -0.924. The molecule has 0 aliphatic heterocycles. The number of aryl methyl sites for hydroxylation is 1. The van der Waals surface area contributed by atoms with E-state index in [9.17, 15) is 9.90 Å². The molecule has 0 aliphatic carbocycles. The number of aromatic carboxylic acids is 1.